The van der Waals surface area contributed by atoms with Gasteiger partial charge in [0.1, 0.15) is 0 Å². The van der Waals surface area contributed by atoms with Crippen molar-refractivity contribution in [3.8, 4) is 0 Å². The average molecular weight is 256 g/mol. The Morgan fingerprint density at radius 3 is 2.39 bits per heavy atom. The number of ether oxygens (including phenoxy) is 1. The summed E-state index contributed by atoms with van der Waals surface area (Å²) in [6, 6.07) is 0. The summed E-state index contributed by atoms with van der Waals surface area (Å²) in [5.74, 6) is 0.714. The van der Waals surface area contributed by atoms with Crippen molar-refractivity contribution in [2.75, 3.05) is 6.61 Å². The molecule has 0 aliphatic heterocycles. The molecule has 18 heavy (non-hydrogen) atoms. The Balaban J connectivity index is 2.28. The minimum Gasteiger partial charge on any atom is -0.465 e. The number of esters is 1. The Bertz CT molecular complexity index is 242. The SMILES string of the molecule is CCCCOC(=O)[C@H]1CC[C@H](C(O)C(C)C)CC1. The van der Waals surface area contributed by atoms with E-state index < -0.39 is 0 Å². The maximum Gasteiger partial charge on any atom is 0.308 e. The largest absolute Gasteiger partial charge is 0.465 e. The lowest BCUT2D eigenvalue weighted by molar-refractivity contribution is -0.150. The highest BCUT2D eigenvalue weighted by Crippen LogP contribution is 2.33. The molecule has 0 amide bonds. The molecular weight excluding hydrogens is 228 g/mol. The molecule has 0 aromatic carbocycles. The molecule has 1 aliphatic carbocycles. The van der Waals surface area contributed by atoms with Crippen LogP contribution in [0.25, 0.3) is 0 Å². The van der Waals surface area contributed by atoms with Gasteiger partial charge in [-0.05, 0) is 43.9 Å². The van der Waals surface area contributed by atoms with Crippen molar-refractivity contribution >= 4 is 5.97 Å². The fraction of sp³-hybridized carbons (Fsp3) is 0.933. The third-order valence-corrected chi connectivity index (χ3v) is 4.01. The molecule has 1 aliphatic rings. The summed E-state index contributed by atoms with van der Waals surface area (Å²) in [5.41, 5.74) is 0. The lowest BCUT2D eigenvalue weighted by Crippen LogP contribution is -2.32. The van der Waals surface area contributed by atoms with Crippen LogP contribution in [0.4, 0.5) is 0 Å². The summed E-state index contributed by atoms with van der Waals surface area (Å²) >= 11 is 0. The van der Waals surface area contributed by atoms with Gasteiger partial charge in [-0.3, -0.25) is 4.79 Å². The van der Waals surface area contributed by atoms with Gasteiger partial charge < -0.3 is 9.84 Å². The van der Waals surface area contributed by atoms with Crippen molar-refractivity contribution < 1.29 is 14.6 Å². The van der Waals surface area contributed by atoms with E-state index in [0.29, 0.717) is 18.4 Å². The number of carbonyl (C=O) groups is 1. The number of hydrogen-bond donors (Lipinski definition) is 1. The highest BCUT2D eigenvalue weighted by molar-refractivity contribution is 5.72. The molecule has 0 aromatic heterocycles. The molecule has 0 spiro atoms. The molecule has 1 rings (SSSR count). The molecular formula is C15H28O3. The van der Waals surface area contributed by atoms with Crippen LogP contribution in [0, 0.1) is 17.8 Å². The third-order valence-electron chi connectivity index (χ3n) is 4.01. The molecule has 1 saturated carbocycles. The van der Waals surface area contributed by atoms with Crippen LogP contribution < -0.4 is 0 Å². The van der Waals surface area contributed by atoms with E-state index in [2.05, 4.69) is 20.8 Å². The van der Waals surface area contributed by atoms with E-state index >= 15 is 0 Å². The van der Waals surface area contributed by atoms with Gasteiger partial charge in [0.05, 0.1) is 18.6 Å². The van der Waals surface area contributed by atoms with Gasteiger partial charge in [0, 0.05) is 0 Å². The summed E-state index contributed by atoms with van der Waals surface area (Å²) < 4.78 is 5.26. The minimum atomic E-state index is -0.220. The minimum absolute atomic E-state index is 0.0269. The fourth-order valence-electron chi connectivity index (χ4n) is 2.68. The lowest BCUT2D eigenvalue weighted by atomic mass is 9.77. The van der Waals surface area contributed by atoms with Crippen molar-refractivity contribution in [1.29, 1.82) is 0 Å². The van der Waals surface area contributed by atoms with Crippen LogP contribution in [-0.2, 0) is 9.53 Å². The van der Waals surface area contributed by atoms with Crippen molar-refractivity contribution in [2.24, 2.45) is 17.8 Å². The van der Waals surface area contributed by atoms with Crippen LogP contribution in [0.3, 0.4) is 0 Å². The quantitative estimate of drug-likeness (QED) is 0.586. The lowest BCUT2D eigenvalue weighted by Gasteiger charge is -2.32. The van der Waals surface area contributed by atoms with Gasteiger partial charge in [-0.25, -0.2) is 0 Å². The molecule has 106 valence electrons. The van der Waals surface area contributed by atoms with Crippen LogP contribution in [0.2, 0.25) is 0 Å². The van der Waals surface area contributed by atoms with Gasteiger partial charge in [0.15, 0.2) is 0 Å². The molecule has 0 bridgehead atoms. The number of rotatable bonds is 6. The Morgan fingerprint density at radius 2 is 1.89 bits per heavy atom. The zero-order chi connectivity index (χ0) is 13.5. The Morgan fingerprint density at radius 1 is 1.28 bits per heavy atom. The summed E-state index contributed by atoms with van der Waals surface area (Å²) in [4.78, 5) is 11.8. The Hall–Kier alpha value is -0.570. The normalized spacial score (nSPS) is 26.1. The van der Waals surface area contributed by atoms with Gasteiger partial charge in [-0.15, -0.1) is 0 Å². The van der Waals surface area contributed by atoms with E-state index in [9.17, 15) is 9.90 Å². The first-order valence-electron chi connectivity index (χ1n) is 7.41. The molecule has 0 radical (unpaired) electrons. The van der Waals surface area contributed by atoms with E-state index in [1.165, 1.54) is 0 Å². The van der Waals surface area contributed by atoms with Gasteiger partial charge in [0.25, 0.3) is 0 Å². The third kappa shape index (κ3) is 4.60. The van der Waals surface area contributed by atoms with Crippen LogP contribution in [0.15, 0.2) is 0 Å². The average Bonchev–Trinajstić information content (AvgIpc) is 2.38. The molecule has 1 fully saturated rings. The van der Waals surface area contributed by atoms with Crippen molar-refractivity contribution in [1.82, 2.24) is 0 Å². The summed E-state index contributed by atoms with van der Waals surface area (Å²) in [6.07, 6.45) is 5.44. The van der Waals surface area contributed by atoms with Crippen molar-refractivity contribution in [3.05, 3.63) is 0 Å². The molecule has 1 unspecified atom stereocenters. The molecule has 1 N–H and O–H groups in total. The van der Waals surface area contributed by atoms with Gasteiger partial charge in [-0.2, -0.15) is 0 Å². The van der Waals surface area contributed by atoms with Crippen LogP contribution in [0.5, 0.6) is 0 Å². The second-order valence-electron chi connectivity index (χ2n) is 5.87. The first-order valence-corrected chi connectivity index (χ1v) is 7.41. The van der Waals surface area contributed by atoms with Gasteiger partial charge in [-0.1, -0.05) is 27.2 Å². The highest BCUT2D eigenvalue weighted by Gasteiger charge is 2.31. The number of unbranched alkanes of at least 4 members (excludes halogenated alkanes) is 1. The van der Waals surface area contributed by atoms with Gasteiger partial charge in [0.2, 0.25) is 0 Å². The van der Waals surface area contributed by atoms with Crippen LogP contribution >= 0.6 is 0 Å². The standard InChI is InChI=1S/C15H28O3/c1-4-5-10-18-15(17)13-8-6-12(7-9-13)14(16)11(2)3/h11-14,16H,4-10H2,1-3H3/t12-,13-,14?. The number of carbonyl (C=O) groups excluding carboxylic acids is 1. The first kappa shape index (κ1) is 15.5. The predicted molar refractivity (Wildman–Crippen MR) is 72.2 cm³/mol. The zero-order valence-electron chi connectivity index (χ0n) is 12.0. The van der Waals surface area contributed by atoms with Gasteiger partial charge >= 0.3 is 5.97 Å². The Labute approximate surface area is 111 Å². The molecule has 0 heterocycles. The number of hydrogen-bond acceptors (Lipinski definition) is 3. The smallest absolute Gasteiger partial charge is 0.308 e. The van der Waals surface area contributed by atoms with E-state index in [-0.39, 0.29) is 18.0 Å². The second kappa shape index (κ2) is 7.78. The van der Waals surface area contributed by atoms with E-state index in [0.717, 1.165) is 38.5 Å². The molecule has 3 nitrogen and oxygen atoms in total. The monoisotopic (exact) mass is 256 g/mol. The van der Waals surface area contributed by atoms with E-state index in [4.69, 9.17) is 4.74 Å². The summed E-state index contributed by atoms with van der Waals surface area (Å²) in [6.45, 7) is 6.75. The van der Waals surface area contributed by atoms with Crippen molar-refractivity contribution in [3.63, 3.8) is 0 Å². The van der Waals surface area contributed by atoms with E-state index in [1.54, 1.807) is 0 Å². The van der Waals surface area contributed by atoms with Crippen LogP contribution in [-0.4, -0.2) is 23.8 Å². The number of aliphatic hydroxyl groups is 1. The fourth-order valence-corrected chi connectivity index (χ4v) is 2.68. The molecule has 3 heteroatoms. The zero-order valence-corrected chi connectivity index (χ0v) is 12.0. The van der Waals surface area contributed by atoms with Crippen LogP contribution in [0.1, 0.15) is 59.3 Å². The predicted octanol–water partition coefficient (Wildman–Crippen LogP) is 3.15. The second-order valence-corrected chi connectivity index (χ2v) is 5.87. The summed E-state index contributed by atoms with van der Waals surface area (Å²) in [5, 5.41) is 10.0. The van der Waals surface area contributed by atoms with E-state index in [1.807, 2.05) is 0 Å². The Kier molecular flexibility index (Phi) is 6.69. The topological polar surface area (TPSA) is 46.5 Å². The van der Waals surface area contributed by atoms with Crippen molar-refractivity contribution in [2.45, 2.75) is 65.4 Å². The summed E-state index contributed by atoms with van der Waals surface area (Å²) in [7, 11) is 0. The maximum absolute atomic E-state index is 11.8. The molecule has 0 aromatic rings. The number of aliphatic hydroxyl groups excluding tert-OH is 1. The first-order chi connectivity index (χ1) is 8.56. The highest BCUT2D eigenvalue weighted by atomic mass is 16.5. The maximum atomic E-state index is 11.8. The molecule has 0 saturated heterocycles. The molecule has 1 atom stereocenters.